The Morgan fingerprint density at radius 2 is 1.94 bits per heavy atom. The number of hydrazone groups is 1. The van der Waals surface area contributed by atoms with Crippen LogP contribution >= 0.6 is 15.9 Å². The minimum atomic E-state index is -0.167. The van der Waals surface area contributed by atoms with E-state index < -0.39 is 0 Å². The molecule has 0 unspecified atom stereocenters. The highest BCUT2D eigenvalue weighted by Crippen LogP contribution is 2.26. The predicted octanol–water partition coefficient (Wildman–Crippen LogP) is 5.21. The Hall–Kier alpha value is -3.43. The van der Waals surface area contributed by atoms with Crippen molar-refractivity contribution in [3.63, 3.8) is 0 Å². The molecule has 3 rings (SSSR count). The van der Waals surface area contributed by atoms with Crippen LogP contribution in [-0.2, 0) is 17.8 Å². The Labute approximate surface area is 190 Å². The van der Waals surface area contributed by atoms with Gasteiger partial charge in [0.1, 0.15) is 12.4 Å². The van der Waals surface area contributed by atoms with Gasteiger partial charge in [0, 0.05) is 5.56 Å². The number of benzene rings is 3. The normalized spacial score (nSPS) is 10.6. The molecule has 0 radical (unpaired) electrons. The fraction of sp³-hybridized carbons (Fsp3) is 0.160. The molecule has 31 heavy (non-hydrogen) atoms. The maximum atomic E-state index is 12.2. The number of rotatable bonds is 7. The number of aryl methyl sites for hydroxylation is 2. The summed E-state index contributed by atoms with van der Waals surface area (Å²) in [5, 5.41) is 13.2. The zero-order valence-electron chi connectivity index (χ0n) is 17.4. The van der Waals surface area contributed by atoms with Crippen molar-refractivity contribution in [3.05, 3.63) is 98.5 Å². The topological polar surface area (TPSA) is 74.5 Å². The van der Waals surface area contributed by atoms with Crippen LogP contribution in [0.3, 0.4) is 0 Å². The lowest BCUT2D eigenvalue weighted by Crippen LogP contribution is -2.20. The second kappa shape index (κ2) is 10.6. The molecule has 3 aromatic rings. The first kappa shape index (κ1) is 22.3. The predicted molar refractivity (Wildman–Crippen MR) is 125 cm³/mol. The van der Waals surface area contributed by atoms with Gasteiger partial charge in [0.2, 0.25) is 5.91 Å². The monoisotopic (exact) mass is 475 g/mol. The van der Waals surface area contributed by atoms with Gasteiger partial charge in [-0.2, -0.15) is 10.4 Å². The molecule has 0 aliphatic heterocycles. The molecule has 5 nitrogen and oxygen atoms in total. The molecule has 0 saturated carbocycles. The minimum Gasteiger partial charge on any atom is -0.488 e. The molecular formula is C25H22BrN3O2. The van der Waals surface area contributed by atoms with Gasteiger partial charge in [0.05, 0.1) is 28.7 Å². The van der Waals surface area contributed by atoms with Crippen molar-refractivity contribution in [1.29, 1.82) is 5.26 Å². The van der Waals surface area contributed by atoms with E-state index in [0.29, 0.717) is 17.9 Å². The van der Waals surface area contributed by atoms with Crippen LogP contribution in [-0.4, -0.2) is 12.1 Å². The molecule has 1 N–H and O–H groups in total. The van der Waals surface area contributed by atoms with Gasteiger partial charge in [-0.05, 0) is 70.7 Å². The van der Waals surface area contributed by atoms with Gasteiger partial charge in [-0.15, -0.1) is 0 Å². The third-order valence-electron chi connectivity index (χ3n) is 4.74. The van der Waals surface area contributed by atoms with Crippen molar-refractivity contribution < 1.29 is 9.53 Å². The molecule has 0 atom stereocenters. The van der Waals surface area contributed by atoms with E-state index in [9.17, 15) is 10.1 Å². The number of nitrogens with zero attached hydrogens (tertiary/aromatic N) is 2. The molecule has 0 fully saturated rings. The van der Waals surface area contributed by atoms with E-state index in [2.05, 4.69) is 32.5 Å². The Balaban J connectivity index is 1.57. The number of halogens is 1. The fourth-order valence-corrected chi connectivity index (χ4v) is 3.52. The first-order valence-corrected chi connectivity index (χ1v) is 10.5. The zero-order valence-corrected chi connectivity index (χ0v) is 18.9. The molecule has 3 aromatic carbocycles. The van der Waals surface area contributed by atoms with Crippen LogP contribution in [0.15, 0.2) is 70.2 Å². The number of hydrogen-bond donors (Lipinski definition) is 1. The van der Waals surface area contributed by atoms with Crippen molar-refractivity contribution in [2.24, 2.45) is 5.10 Å². The lowest BCUT2D eigenvalue weighted by molar-refractivity contribution is -0.120. The highest BCUT2D eigenvalue weighted by atomic mass is 79.9. The second-order valence-electron chi connectivity index (χ2n) is 7.15. The van der Waals surface area contributed by atoms with Crippen LogP contribution in [0.1, 0.15) is 33.4 Å². The first-order chi connectivity index (χ1) is 15.0. The summed E-state index contributed by atoms with van der Waals surface area (Å²) in [6, 6.07) is 21.1. The van der Waals surface area contributed by atoms with Gasteiger partial charge in [-0.1, -0.05) is 42.0 Å². The smallest absolute Gasteiger partial charge is 0.244 e. The maximum Gasteiger partial charge on any atom is 0.244 e. The Kier molecular flexibility index (Phi) is 7.58. The van der Waals surface area contributed by atoms with Crippen LogP contribution in [0.4, 0.5) is 0 Å². The lowest BCUT2D eigenvalue weighted by Gasteiger charge is -2.10. The molecule has 156 valence electrons. The van der Waals surface area contributed by atoms with Gasteiger partial charge in [0.25, 0.3) is 0 Å². The van der Waals surface area contributed by atoms with E-state index in [4.69, 9.17) is 4.74 Å². The van der Waals surface area contributed by atoms with E-state index in [1.54, 1.807) is 12.3 Å². The summed E-state index contributed by atoms with van der Waals surface area (Å²) in [6.07, 6.45) is 1.87. The van der Waals surface area contributed by atoms with Gasteiger partial charge in [-0.3, -0.25) is 4.79 Å². The lowest BCUT2D eigenvalue weighted by atomic mass is 10.0. The zero-order chi connectivity index (χ0) is 22.2. The highest BCUT2D eigenvalue weighted by Gasteiger charge is 2.07. The first-order valence-electron chi connectivity index (χ1n) is 9.74. The third-order valence-corrected chi connectivity index (χ3v) is 5.36. The van der Waals surface area contributed by atoms with Crippen molar-refractivity contribution in [3.8, 4) is 11.8 Å². The average molecular weight is 476 g/mol. The highest BCUT2D eigenvalue weighted by molar-refractivity contribution is 9.10. The molecule has 0 saturated heterocycles. The molecule has 0 aromatic heterocycles. The Morgan fingerprint density at radius 3 is 2.71 bits per heavy atom. The fourth-order valence-electron chi connectivity index (χ4n) is 3.01. The molecule has 1 amide bonds. The summed E-state index contributed by atoms with van der Waals surface area (Å²) in [5.41, 5.74) is 8.01. The van der Waals surface area contributed by atoms with E-state index in [-0.39, 0.29) is 12.3 Å². The van der Waals surface area contributed by atoms with Crippen molar-refractivity contribution in [1.82, 2.24) is 5.43 Å². The number of carbonyl (C=O) groups excluding carboxylic acids is 1. The summed E-state index contributed by atoms with van der Waals surface area (Å²) in [5.74, 6) is 0.490. The maximum absolute atomic E-state index is 12.2. The molecular weight excluding hydrogens is 454 g/mol. The molecule has 0 bridgehead atoms. The molecule has 6 heteroatoms. The van der Waals surface area contributed by atoms with Crippen LogP contribution in [0, 0.1) is 25.2 Å². The van der Waals surface area contributed by atoms with Gasteiger partial charge < -0.3 is 4.74 Å². The van der Waals surface area contributed by atoms with E-state index >= 15 is 0 Å². The largest absolute Gasteiger partial charge is 0.488 e. The van der Waals surface area contributed by atoms with Crippen LogP contribution in [0.5, 0.6) is 5.75 Å². The Morgan fingerprint density at radius 1 is 1.13 bits per heavy atom. The number of carbonyl (C=O) groups is 1. The average Bonchev–Trinajstić information content (AvgIpc) is 2.76. The Bertz CT molecular complexity index is 1170. The number of nitriles is 1. The quantitative estimate of drug-likeness (QED) is 0.376. The standard InChI is InChI=1S/C25H22BrN3O2/c1-17-7-8-18(2)22(11-17)13-25(30)29-28-15-19-9-10-24(23(26)12-19)31-16-21-6-4-3-5-20(21)14-27/h3-12,15H,13,16H2,1-2H3,(H,29,30)/b28-15+. The summed E-state index contributed by atoms with van der Waals surface area (Å²) in [7, 11) is 0. The second-order valence-corrected chi connectivity index (χ2v) is 8.00. The summed E-state index contributed by atoms with van der Waals surface area (Å²) in [4.78, 5) is 12.2. The van der Waals surface area contributed by atoms with Crippen LogP contribution < -0.4 is 10.2 Å². The number of nitrogens with one attached hydrogen (secondary N) is 1. The van der Waals surface area contributed by atoms with Crippen LogP contribution in [0.2, 0.25) is 0 Å². The number of hydrogen-bond acceptors (Lipinski definition) is 4. The van der Waals surface area contributed by atoms with Crippen LogP contribution in [0.25, 0.3) is 0 Å². The number of amides is 1. The number of ether oxygens (including phenoxy) is 1. The van der Waals surface area contributed by atoms with Gasteiger partial charge in [0.15, 0.2) is 0 Å². The summed E-state index contributed by atoms with van der Waals surface area (Å²) in [6.45, 7) is 4.29. The molecule has 0 aliphatic rings. The van der Waals surface area contributed by atoms with Gasteiger partial charge >= 0.3 is 0 Å². The minimum absolute atomic E-state index is 0.167. The van der Waals surface area contributed by atoms with E-state index in [1.165, 1.54) is 0 Å². The van der Waals surface area contributed by atoms with Crippen molar-refractivity contribution in [2.45, 2.75) is 26.9 Å². The van der Waals surface area contributed by atoms with E-state index in [0.717, 1.165) is 32.3 Å². The molecule has 0 aliphatic carbocycles. The van der Waals surface area contributed by atoms with Crippen molar-refractivity contribution in [2.75, 3.05) is 0 Å². The third kappa shape index (κ3) is 6.27. The SMILES string of the molecule is Cc1ccc(C)c(CC(=O)N/N=C/c2ccc(OCc3ccccc3C#N)c(Br)c2)c1. The van der Waals surface area contributed by atoms with Crippen molar-refractivity contribution >= 4 is 28.1 Å². The molecule has 0 spiro atoms. The van der Waals surface area contributed by atoms with Gasteiger partial charge in [-0.25, -0.2) is 5.43 Å². The summed E-state index contributed by atoms with van der Waals surface area (Å²) < 4.78 is 6.60. The summed E-state index contributed by atoms with van der Waals surface area (Å²) >= 11 is 3.50. The van der Waals surface area contributed by atoms with E-state index in [1.807, 2.05) is 68.4 Å². The molecule has 0 heterocycles.